The van der Waals surface area contributed by atoms with Crippen LogP contribution in [0.5, 0.6) is 11.5 Å². The number of hydrogen-bond donors (Lipinski definition) is 1. The predicted molar refractivity (Wildman–Crippen MR) is 92.0 cm³/mol. The molecule has 0 saturated carbocycles. The summed E-state index contributed by atoms with van der Waals surface area (Å²) in [6, 6.07) is 5.45. The Kier molecular flexibility index (Phi) is 6.66. The molecule has 24 heavy (non-hydrogen) atoms. The van der Waals surface area contributed by atoms with Gasteiger partial charge >= 0.3 is 0 Å². The van der Waals surface area contributed by atoms with Gasteiger partial charge in [0.15, 0.2) is 11.5 Å². The second-order valence-electron chi connectivity index (χ2n) is 5.58. The highest BCUT2D eigenvalue weighted by Crippen LogP contribution is 2.27. The van der Waals surface area contributed by atoms with Gasteiger partial charge in [-0.2, -0.15) is 0 Å². The highest BCUT2D eigenvalue weighted by atomic mass is 16.5. The number of carbonyl (C=O) groups excluding carboxylic acids is 2. The van der Waals surface area contributed by atoms with Gasteiger partial charge in [0.25, 0.3) is 0 Å². The zero-order valence-electron chi connectivity index (χ0n) is 14.2. The standard InChI is InChI=1S/C18H24N2O4/c1-23-15-8-6-14(13-16(15)24-2)7-9-17(21)19-10-4-12-20-11-3-5-18(20)22/h6-9,13H,3-5,10-12H2,1-2H3,(H,19,21)/b9-7+. The molecule has 6 heteroatoms. The summed E-state index contributed by atoms with van der Waals surface area (Å²) in [7, 11) is 3.15. The van der Waals surface area contributed by atoms with E-state index in [4.69, 9.17) is 9.47 Å². The van der Waals surface area contributed by atoms with E-state index in [9.17, 15) is 9.59 Å². The number of carbonyl (C=O) groups is 2. The number of benzene rings is 1. The lowest BCUT2D eigenvalue weighted by molar-refractivity contribution is -0.127. The van der Waals surface area contributed by atoms with E-state index >= 15 is 0 Å². The molecule has 2 rings (SSSR count). The summed E-state index contributed by atoms with van der Waals surface area (Å²) in [5.41, 5.74) is 0.852. The minimum Gasteiger partial charge on any atom is -0.493 e. The first kappa shape index (κ1) is 17.8. The van der Waals surface area contributed by atoms with Crippen molar-refractivity contribution in [2.75, 3.05) is 33.9 Å². The van der Waals surface area contributed by atoms with Crippen LogP contribution in [0.3, 0.4) is 0 Å². The monoisotopic (exact) mass is 332 g/mol. The lowest BCUT2D eigenvalue weighted by Crippen LogP contribution is -2.29. The van der Waals surface area contributed by atoms with Crippen molar-refractivity contribution in [3.8, 4) is 11.5 Å². The molecule has 1 aliphatic rings. The van der Waals surface area contributed by atoms with Crippen LogP contribution in [0.25, 0.3) is 6.08 Å². The van der Waals surface area contributed by atoms with E-state index in [1.165, 1.54) is 6.08 Å². The maximum absolute atomic E-state index is 11.8. The zero-order chi connectivity index (χ0) is 17.4. The molecule has 2 amide bonds. The van der Waals surface area contributed by atoms with Crippen molar-refractivity contribution >= 4 is 17.9 Å². The van der Waals surface area contributed by atoms with Gasteiger partial charge in [-0.15, -0.1) is 0 Å². The molecular weight excluding hydrogens is 308 g/mol. The van der Waals surface area contributed by atoms with Gasteiger partial charge in [-0.3, -0.25) is 9.59 Å². The number of amides is 2. The molecule has 0 aromatic heterocycles. The van der Waals surface area contributed by atoms with Gasteiger partial charge in [0.1, 0.15) is 0 Å². The third-order valence-corrected chi connectivity index (χ3v) is 3.91. The van der Waals surface area contributed by atoms with Crippen LogP contribution in [0.4, 0.5) is 0 Å². The van der Waals surface area contributed by atoms with E-state index in [0.29, 0.717) is 31.0 Å². The lowest BCUT2D eigenvalue weighted by Gasteiger charge is -2.14. The fourth-order valence-corrected chi connectivity index (χ4v) is 2.61. The number of rotatable bonds is 8. The smallest absolute Gasteiger partial charge is 0.244 e. The summed E-state index contributed by atoms with van der Waals surface area (Å²) >= 11 is 0. The van der Waals surface area contributed by atoms with Gasteiger partial charge in [-0.05, 0) is 36.6 Å². The fraction of sp³-hybridized carbons (Fsp3) is 0.444. The molecule has 1 fully saturated rings. The first-order valence-corrected chi connectivity index (χ1v) is 8.09. The van der Waals surface area contributed by atoms with Crippen LogP contribution in [-0.2, 0) is 9.59 Å². The van der Waals surface area contributed by atoms with Gasteiger partial charge in [0, 0.05) is 32.1 Å². The molecular formula is C18H24N2O4. The Labute approximate surface area is 142 Å². The molecule has 6 nitrogen and oxygen atoms in total. The second-order valence-corrected chi connectivity index (χ2v) is 5.58. The van der Waals surface area contributed by atoms with E-state index in [1.54, 1.807) is 26.4 Å². The Hall–Kier alpha value is -2.50. The van der Waals surface area contributed by atoms with Crippen LogP contribution >= 0.6 is 0 Å². The summed E-state index contributed by atoms with van der Waals surface area (Å²) < 4.78 is 10.4. The Bertz CT molecular complexity index is 613. The molecule has 1 saturated heterocycles. The Morgan fingerprint density at radius 2 is 2.08 bits per heavy atom. The molecule has 0 radical (unpaired) electrons. The minimum atomic E-state index is -0.155. The van der Waals surface area contributed by atoms with E-state index in [-0.39, 0.29) is 11.8 Å². The molecule has 130 valence electrons. The normalized spacial score (nSPS) is 14.2. The molecule has 1 aromatic rings. The average Bonchev–Trinajstić information content (AvgIpc) is 3.01. The van der Waals surface area contributed by atoms with Crippen LogP contribution in [0.1, 0.15) is 24.8 Å². The van der Waals surface area contributed by atoms with Gasteiger partial charge in [0.2, 0.25) is 11.8 Å². The van der Waals surface area contributed by atoms with E-state index in [0.717, 1.165) is 24.9 Å². The van der Waals surface area contributed by atoms with Crippen molar-refractivity contribution in [3.63, 3.8) is 0 Å². The molecule has 1 aromatic carbocycles. The first-order valence-electron chi connectivity index (χ1n) is 8.09. The van der Waals surface area contributed by atoms with E-state index < -0.39 is 0 Å². The molecule has 1 N–H and O–H groups in total. The highest BCUT2D eigenvalue weighted by Gasteiger charge is 2.18. The number of ether oxygens (including phenoxy) is 2. The Morgan fingerprint density at radius 1 is 1.29 bits per heavy atom. The number of likely N-dealkylation sites (tertiary alicyclic amines) is 1. The lowest BCUT2D eigenvalue weighted by atomic mass is 10.2. The Morgan fingerprint density at radius 3 is 2.75 bits per heavy atom. The van der Waals surface area contributed by atoms with Crippen LogP contribution in [-0.4, -0.2) is 50.6 Å². The van der Waals surface area contributed by atoms with Gasteiger partial charge in [-0.25, -0.2) is 0 Å². The van der Waals surface area contributed by atoms with Crippen molar-refractivity contribution in [1.29, 1.82) is 0 Å². The molecule has 0 spiro atoms. The van der Waals surface area contributed by atoms with Crippen molar-refractivity contribution in [1.82, 2.24) is 10.2 Å². The van der Waals surface area contributed by atoms with Crippen LogP contribution < -0.4 is 14.8 Å². The van der Waals surface area contributed by atoms with Gasteiger partial charge < -0.3 is 19.7 Å². The highest BCUT2D eigenvalue weighted by molar-refractivity contribution is 5.91. The summed E-state index contributed by atoms with van der Waals surface area (Å²) in [6.07, 6.45) is 5.57. The molecule has 0 atom stereocenters. The third-order valence-electron chi connectivity index (χ3n) is 3.91. The maximum atomic E-state index is 11.8. The number of nitrogens with zero attached hydrogens (tertiary/aromatic N) is 1. The Balaban J connectivity index is 1.75. The summed E-state index contributed by atoms with van der Waals surface area (Å²) in [5, 5.41) is 2.82. The average molecular weight is 332 g/mol. The maximum Gasteiger partial charge on any atom is 0.244 e. The first-order chi connectivity index (χ1) is 11.6. The fourth-order valence-electron chi connectivity index (χ4n) is 2.61. The van der Waals surface area contributed by atoms with E-state index in [1.807, 2.05) is 17.0 Å². The number of methoxy groups -OCH3 is 2. The molecule has 1 aliphatic heterocycles. The minimum absolute atomic E-state index is 0.155. The molecule has 0 aliphatic carbocycles. The third kappa shape index (κ3) is 5.01. The summed E-state index contributed by atoms with van der Waals surface area (Å²) in [6.45, 7) is 2.10. The predicted octanol–water partition coefficient (Wildman–Crippen LogP) is 1.85. The van der Waals surface area contributed by atoms with Gasteiger partial charge in [-0.1, -0.05) is 6.07 Å². The van der Waals surface area contributed by atoms with Crippen LogP contribution in [0.2, 0.25) is 0 Å². The SMILES string of the molecule is COc1ccc(/C=C/C(=O)NCCCN2CCCC2=O)cc1OC. The quantitative estimate of drug-likeness (QED) is 0.583. The van der Waals surface area contributed by atoms with Crippen molar-refractivity contribution in [2.45, 2.75) is 19.3 Å². The van der Waals surface area contributed by atoms with Crippen molar-refractivity contribution in [3.05, 3.63) is 29.8 Å². The summed E-state index contributed by atoms with van der Waals surface area (Å²) in [5.74, 6) is 1.33. The second kappa shape index (κ2) is 8.96. The topological polar surface area (TPSA) is 67.9 Å². The molecule has 0 unspecified atom stereocenters. The largest absolute Gasteiger partial charge is 0.493 e. The zero-order valence-corrected chi connectivity index (χ0v) is 14.2. The van der Waals surface area contributed by atoms with E-state index in [2.05, 4.69) is 5.32 Å². The van der Waals surface area contributed by atoms with Crippen molar-refractivity contribution in [2.24, 2.45) is 0 Å². The van der Waals surface area contributed by atoms with Crippen molar-refractivity contribution < 1.29 is 19.1 Å². The van der Waals surface area contributed by atoms with Crippen LogP contribution in [0.15, 0.2) is 24.3 Å². The van der Waals surface area contributed by atoms with Crippen LogP contribution in [0, 0.1) is 0 Å². The number of nitrogens with one attached hydrogen (secondary N) is 1. The molecule has 0 bridgehead atoms. The molecule has 1 heterocycles. The van der Waals surface area contributed by atoms with Gasteiger partial charge in [0.05, 0.1) is 14.2 Å². The number of hydrogen-bond acceptors (Lipinski definition) is 4. The summed E-state index contributed by atoms with van der Waals surface area (Å²) in [4.78, 5) is 25.1.